The highest BCUT2D eigenvalue weighted by Gasteiger charge is 2.16. The Morgan fingerprint density at radius 3 is 1.53 bits per heavy atom. The lowest BCUT2D eigenvalue weighted by Gasteiger charge is -2.18. The number of terminal acetylenes is 2. The Balaban J connectivity index is 1.01. The van der Waals surface area contributed by atoms with Crippen LogP contribution in [-0.4, -0.2) is 41.3 Å². The van der Waals surface area contributed by atoms with E-state index in [1.165, 1.54) is 0 Å². The predicted octanol–water partition coefficient (Wildman–Crippen LogP) is 7.16. The Bertz CT molecular complexity index is 1850. The van der Waals surface area contributed by atoms with Crippen molar-refractivity contribution in [3.8, 4) is 24.7 Å². The number of hydrogen-bond donors (Lipinski definition) is 0. The molecule has 2 unspecified atom stereocenters. The number of aryl methyl sites for hydroxylation is 4. The third kappa shape index (κ3) is 5.82. The Morgan fingerprint density at radius 2 is 1.09 bits per heavy atom. The molecule has 216 valence electrons. The summed E-state index contributed by atoms with van der Waals surface area (Å²) < 4.78 is 10.8. The topological polar surface area (TPSA) is 70.7 Å². The minimum Gasteiger partial charge on any atom is -0.350 e. The molecule has 7 nitrogen and oxygen atoms in total. The second-order valence-electron chi connectivity index (χ2n) is 11.1. The molecule has 2 atom stereocenters. The zero-order valence-corrected chi connectivity index (χ0v) is 24.8. The Morgan fingerprint density at radius 1 is 0.651 bits per heavy atom. The lowest BCUT2D eigenvalue weighted by Crippen LogP contribution is -2.20. The van der Waals surface area contributed by atoms with Crippen LogP contribution >= 0.6 is 0 Å². The molecule has 0 aliphatic rings. The molecule has 0 N–H and O–H groups in total. The number of nitrogens with zero attached hydrogens (tertiary/aromatic N) is 6. The van der Waals surface area contributed by atoms with E-state index in [9.17, 15) is 0 Å². The van der Waals surface area contributed by atoms with Gasteiger partial charge in [0, 0.05) is 23.9 Å². The molecule has 6 rings (SSSR count). The van der Waals surface area contributed by atoms with E-state index in [0.717, 1.165) is 107 Å². The fourth-order valence-corrected chi connectivity index (χ4v) is 6.08. The third-order valence-corrected chi connectivity index (χ3v) is 8.24. The summed E-state index contributed by atoms with van der Waals surface area (Å²) >= 11 is 0. The van der Waals surface area contributed by atoms with E-state index in [1.54, 1.807) is 0 Å². The molecule has 0 aliphatic carbocycles. The number of para-hydroxylation sites is 2. The molecule has 0 amide bonds. The van der Waals surface area contributed by atoms with E-state index < -0.39 is 0 Å². The van der Waals surface area contributed by atoms with Crippen LogP contribution in [0.1, 0.15) is 50.2 Å². The van der Waals surface area contributed by atoms with Gasteiger partial charge in [0.25, 0.3) is 0 Å². The summed E-state index contributed by atoms with van der Waals surface area (Å²) in [4.78, 5) is 18.6. The molecule has 0 spiro atoms. The molecule has 0 bridgehead atoms. The zero-order chi connectivity index (χ0) is 29.8. The second kappa shape index (κ2) is 12.7. The van der Waals surface area contributed by atoms with Gasteiger partial charge in [0.05, 0.1) is 34.5 Å². The minimum absolute atomic E-state index is 0.301. The van der Waals surface area contributed by atoms with Gasteiger partial charge in [0.2, 0.25) is 0 Å². The molecule has 0 aliphatic heterocycles. The summed E-state index contributed by atoms with van der Waals surface area (Å²) in [6.07, 6.45) is 20.2. The number of fused-ring (bicyclic) bond motifs is 6. The minimum atomic E-state index is -0.301. The first kappa shape index (κ1) is 28.4. The number of benzene rings is 2. The number of ether oxygens (including phenoxy) is 1. The van der Waals surface area contributed by atoms with Crippen molar-refractivity contribution in [1.82, 2.24) is 29.1 Å². The Kier molecular flexibility index (Phi) is 8.36. The fraction of sp³-hybridized carbons (Fsp3) is 0.333. The summed E-state index contributed by atoms with van der Waals surface area (Å²) in [7, 11) is 0. The van der Waals surface area contributed by atoms with Crippen LogP contribution in [0.25, 0.3) is 43.9 Å². The number of unbranched alkanes of at least 4 members (excludes halogenated alkanes) is 2. The first-order chi connectivity index (χ1) is 21.1. The lowest BCUT2D eigenvalue weighted by molar-refractivity contribution is 0.0404. The molecule has 6 aromatic rings. The normalized spacial score (nSPS) is 13.0. The van der Waals surface area contributed by atoms with Crippen molar-refractivity contribution in [2.45, 2.75) is 77.7 Å². The third-order valence-electron chi connectivity index (χ3n) is 8.24. The Hall–Kier alpha value is -4.72. The van der Waals surface area contributed by atoms with Crippen LogP contribution in [0.15, 0.2) is 60.9 Å². The highest BCUT2D eigenvalue weighted by atomic mass is 16.5. The van der Waals surface area contributed by atoms with Crippen molar-refractivity contribution < 1.29 is 4.74 Å². The van der Waals surface area contributed by atoms with Crippen LogP contribution in [-0.2, 0) is 17.8 Å². The number of pyridine rings is 2. The monoisotopic (exact) mass is 568 g/mol. The van der Waals surface area contributed by atoms with Gasteiger partial charge in [-0.3, -0.25) is 9.97 Å². The van der Waals surface area contributed by atoms with Crippen molar-refractivity contribution in [3.05, 3.63) is 72.6 Å². The molecule has 0 fully saturated rings. The maximum absolute atomic E-state index is 6.20. The van der Waals surface area contributed by atoms with Crippen molar-refractivity contribution in [1.29, 1.82) is 0 Å². The van der Waals surface area contributed by atoms with Gasteiger partial charge < -0.3 is 13.9 Å². The largest absolute Gasteiger partial charge is 0.350 e. The summed E-state index contributed by atoms with van der Waals surface area (Å²) in [5.41, 5.74) is 6.11. The number of rotatable bonds is 12. The molecule has 0 radical (unpaired) electrons. The van der Waals surface area contributed by atoms with Crippen molar-refractivity contribution in [2.24, 2.45) is 0 Å². The zero-order valence-electron chi connectivity index (χ0n) is 24.8. The van der Waals surface area contributed by atoms with E-state index in [4.69, 9.17) is 27.6 Å². The Labute approximate surface area is 252 Å². The molecule has 0 saturated heterocycles. The van der Waals surface area contributed by atoms with E-state index in [-0.39, 0.29) is 12.2 Å². The lowest BCUT2D eigenvalue weighted by atomic mass is 10.1. The molecular formula is C36H36N6O. The molecule has 43 heavy (non-hydrogen) atoms. The molecule has 2 aromatic carbocycles. The van der Waals surface area contributed by atoms with Gasteiger partial charge in [-0.05, 0) is 64.5 Å². The van der Waals surface area contributed by atoms with Crippen molar-refractivity contribution in [2.75, 3.05) is 0 Å². The van der Waals surface area contributed by atoms with Crippen LogP contribution in [0, 0.1) is 38.5 Å². The maximum atomic E-state index is 6.20. The van der Waals surface area contributed by atoms with Crippen LogP contribution < -0.4 is 0 Å². The molecule has 7 heteroatoms. The average molecular weight is 569 g/mol. The van der Waals surface area contributed by atoms with Crippen molar-refractivity contribution >= 4 is 43.9 Å². The molecular weight excluding hydrogens is 532 g/mol. The van der Waals surface area contributed by atoms with Gasteiger partial charge in [-0.1, -0.05) is 48.2 Å². The van der Waals surface area contributed by atoms with E-state index in [0.29, 0.717) is 0 Å². The predicted molar refractivity (Wildman–Crippen MR) is 174 cm³/mol. The van der Waals surface area contributed by atoms with Crippen molar-refractivity contribution in [3.63, 3.8) is 0 Å². The summed E-state index contributed by atoms with van der Waals surface area (Å²) in [5, 5.41) is 2.26. The SMILES string of the molecule is C#CC(CCCCn1c(C)nc2cnc3ccccc3c21)OC(C#C)CCCCn1c(C)nc2cnc3ccccc3c21. The summed E-state index contributed by atoms with van der Waals surface area (Å²) in [5.74, 6) is 7.63. The van der Waals surface area contributed by atoms with E-state index in [1.807, 2.05) is 48.8 Å². The molecule has 0 saturated carbocycles. The van der Waals surface area contributed by atoms with Crippen LogP contribution in [0.3, 0.4) is 0 Å². The first-order valence-corrected chi connectivity index (χ1v) is 15.1. The standard InChI is InChI=1S/C36H36N6O/c1-5-27(15-11-13-21-41-25(3)39-33-23-37-31-19-9-7-17-29(31)35(33)41)43-28(6-2)16-12-14-22-42-26(4)40-34-24-38-32-20-10-8-18-30(32)36(34)42/h1-2,7-10,17-20,23-24,27-28H,11-16,21-22H2,3-4H3. The van der Waals surface area contributed by atoms with Crippen LogP contribution in [0.4, 0.5) is 0 Å². The van der Waals surface area contributed by atoms with Gasteiger partial charge in [0.1, 0.15) is 34.9 Å². The van der Waals surface area contributed by atoms with Gasteiger partial charge in [-0.25, -0.2) is 9.97 Å². The smallest absolute Gasteiger partial charge is 0.119 e. The van der Waals surface area contributed by atoms with Gasteiger partial charge in [-0.15, -0.1) is 12.8 Å². The summed E-state index contributed by atoms with van der Waals surface area (Å²) in [6.45, 7) is 5.82. The fourth-order valence-electron chi connectivity index (χ4n) is 6.08. The quantitative estimate of drug-likeness (QED) is 0.116. The van der Waals surface area contributed by atoms with E-state index >= 15 is 0 Å². The first-order valence-electron chi connectivity index (χ1n) is 15.1. The summed E-state index contributed by atoms with van der Waals surface area (Å²) in [6, 6.07) is 16.4. The average Bonchev–Trinajstić information content (AvgIpc) is 3.54. The van der Waals surface area contributed by atoms with Gasteiger partial charge in [-0.2, -0.15) is 0 Å². The number of aromatic nitrogens is 6. The second-order valence-corrected chi connectivity index (χ2v) is 11.1. The van der Waals surface area contributed by atoms with Crippen LogP contribution in [0.5, 0.6) is 0 Å². The molecule has 4 heterocycles. The van der Waals surface area contributed by atoms with Gasteiger partial charge in [0.15, 0.2) is 0 Å². The van der Waals surface area contributed by atoms with E-state index in [2.05, 4.69) is 56.9 Å². The highest BCUT2D eigenvalue weighted by Crippen LogP contribution is 2.26. The van der Waals surface area contributed by atoms with Crippen LogP contribution in [0.2, 0.25) is 0 Å². The maximum Gasteiger partial charge on any atom is 0.119 e. The highest BCUT2D eigenvalue weighted by molar-refractivity contribution is 6.03. The van der Waals surface area contributed by atoms with Gasteiger partial charge >= 0.3 is 0 Å². The number of imidazole rings is 2. The number of hydrogen-bond acceptors (Lipinski definition) is 5. The molecule has 4 aromatic heterocycles.